The SMILES string of the molecule is CC(=O)NCCC(CCNc1c2c(nc3ccccc13)CCCC2)CCN(C(=O)O)c1ccc2[nH]ccc2c1. The first kappa shape index (κ1) is 26.5. The van der Waals surface area contributed by atoms with E-state index in [-0.39, 0.29) is 11.8 Å². The average molecular weight is 528 g/mol. The molecule has 1 atom stereocenters. The molecule has 0 fully saturated rings. The van der Waals surface area contributed by atoms with Crippen LogP contribution in [0.1, 0.15) is 50.3 Å². The molecule has 0 aliphatic heterocycles. The van der Waals surface area contributed by atoms with Crippen LogP contribution < -0.4 is 15.5 Å². The van der Waals surface area contributed by atoms with Crippen LogP contribution >= 0.6 is 0 Å². The molecule has 2 amide bonds. The van der Waals surface area contributed by atoms with Crippen molar-refractivity contribution in [3.8, 4) is 0 Å². The molecule has 4 N–H and O–H groups in total. The Balaban J connectivity index is 1.29. The van der Waals surface area contributed by atoms with E-state index >= 15 is 0 Å². The van der Waals surface area contributed by atoms with Gasteiger partial charge in [-0.3, -0.25) is 14.7 Å². The summed E-state index contributed by atoms with van der Waals surface area (Å²) in [5.74, 6) is 0.194. The lowest BCUT2D eigenvalue weighted by atomic mass is 9.92. The number of hydrogen-bond acceptors (Lipinski definition) is 4. The van der Waals surface area contributed by atoms with Gasteiger partial charge in [0, 0.05) is 66.1 Å². The predicted molar refractivity (Wildman–Crippen MR) is 157 cm³/mol. The number of aromatic amines is 1. The lowest BCUT2D eigenvalue weighted by molar-refractivity contribution is -0.119. The van der Waals surface area contributed by atoms with Gasteiger partial charge in [0.1, 0.15) is 0 Å². The number of rotatable bonds is 11. The Morgan fingerprint density at radius 1 is 1.05 bits per heavy atom. The van der Waals surface area contributed by atoms with Crippen molar-refractivity contribution in [2.75, 3.05) is 29.9 Å². The van der Waals surface area contributed by atoms with Gasteiger partial charge >= 0.3 is 6.09 Å². The first-order valence-electron chi connectivity index (χ1n) is 14.0. The highest BCUT2D eigenvalue weighted by atomic mass is 16.4. The number of pyridine rings is 1. The number of benzene rings is 2. The minimum Gasteiger partial charge on any atom is -0.465 e. The molecule has 0 bridgehead atoms. The maximum absolute atomic E-state index is 12.2. The van der Waals surface area contributed by atoms with Crippen LogP contribution in [-0.4, -0.2) is 46.7 Å². The van der Waals surface area contributed by atoms with Gasteiger partial charge < -0.3 is 20.7 Å². The Morgan fingerprint density at radius 3 is 2.72 bits per heavy atom. The summed E-state index contributed by atoms with van der Waals surface area (Å²) in [5, 5.41) is 18.8. The third kappa shape index (κ3) is 6.33. The standard InChI is InChI=1S/C31H37N5O3/c1-21(37)32-16-12-22(15-19-36(31(38)39)24-10-11-27-23(20-24)14-18-33-27)13-17-34-30-25-6-2-4-8-28(25)35-29-9-5-3-7-26(29)30/h2,4,6,8,10-11,14,18,20,22,33H,3,5,7,9,12-13,15-17,19H2,1H3,(H,32,37)(H,34,35)(H,38,39). The van der Waals surface area contributed by atoms with E-state index in [1.54, 1.807) is 0 Å². The Morgan fingerprint density at radius 2 is 1.87 bits per heavy atom. The van der Waals surface area contributed by atoms with Gasteiger partial charge in [-0.05, 0) is 86.8 Å². The zero-order chi connectivity index (χ0) is 27.2. The van der Waals surface area contributed by atoms with E-state index in [0.717, 1.165) is 54.0 Å². The predicted octanol–water partition coefficient (Wildman–Crippen LogP) is 6.11. The molecule has 5 rings (SSSR count). The largest absolute Gasteiger partial charge is 0.465 e. The molecule has 4 aromatic rings. The van der Waals surface area contributed by atoms with Crippen LogP contribution in [0.3, 0.4) is 0 Å². The van der Waals surface area contributed by atoms with Gasteiger partial charge in [-0.2, -0.15) is 0 Å². The summed E-state index contributed by atoms with van der Waals surface area (Å²) in [4.78, 5) is 33.2. The summed E-state index contributed by atoms with van der Waals surface area (Å²) < 4.78 is 0. The molecule has 1 aliphatic carbocycles. The minimum atomic E-state index is -0.960. The molecule has 2 heterocycles. The quantitative estimate of drug-likeness (QED) is 0.188. The zero-order valence-corrected chi connectivity index (χ0v) is 22.5. The van der Waals surface area contributed by atoms with Gasteiger partial charge in [0.05, 0.1) is 5.52 Å². The van der Waals surface area contributed by atoms with Gasteiger partial charge in [0.25, 0.3) is 0 Å². The average Bonchev–Trinajstić information content (AvgIpc) is 3.40. The van der Waals surface area contributed by atoms with Crippen LogP contribution in [0.4, 0.5) is 16.2 Å². The maximum atomic E-state index is 12.2. The first-order chi connectivity index (χ1) is 19.0. The summed E-state index contributed by atoms with van der Waals surface area (Å²) in [5.41, 5.74) is 6.42. The van der Waals surface area contributed by atoms with E-state index in [2.05, 4.69) is 33.8 Å². The number of fused-ring (bicyclic) bond motifs is 3. The topological polar surface area (TPSA) is 110 Å². The molecule has 8 heteroatoms. The molecule has 0 saturated heterocycles. The van der Waals surface area contributed by atoms with Crippen molar-refractivity contribution in [1.29, 1.82) is 0 Å². The second-order valence-electron chi connectivity index (χ2n) is 10.5. The van der Waals surface area contributed by atoms with Crippen molar-refractivity contribution in [2.45, 2.75) is 51.9 Å². The van der Waals surface area contributed by atoms with E-state index < -0.39 is 6.09 Å². The first-order valence-corrected chi connectivity index (χ1v) is 14.0. The fraction of sp³-hybridized carbons (Fsp3) is 0.387. The smallest absolute Gasteiger partial charge is 0.411 e. The molecule has 204 valence electrons. The Labute approximate surface area is 228 Å². The van der Waals surface area contributed by atoms with Crippen LogP contribution in [0.15, 0.2) is 54.7 Å². The van der Waals surface area contributed by atoms with Crippen LogP contribution in [0.5, 0.6) is 0 Å². The highest BCUT2D eigenvalue weighted by Crippen LogP contribution is 2.33. The highest BCUT2D eigenvalue weighted by molar-refractivity contribution is 5.93. The number of carbonyl (C=O) groups is 2. The molecule has 0 spiro atoms. The molecule has 2 aromatic heterocycles. The van der Waals surface area contributed by atoms with Gasteiger partial charge in [0.15, 0.2) is 0 Å². The molecule has 0 radical (unpaired) electrons. The molecular formula is C31H37N5O3. The maximum Gasteiger partial charge on any atom is 0.411 e. The van der Waals surface area contributed by atoms with Crippen LogP contribution in [-0.2, 0) is 17.6 Å². The summed E-state index contributed by atoms with van der Waals surface area (Å²) in [6.45, 7) is 3.27. The number of aromatic nitrogens is 2. The summed E-state index contributed by atoms with van der Waals surface area (Å²) >= 11 is 0. The third-order valence-corrected chi connectivity index (χ3v) is 7.79. The summed E-state index contributed by atoms with van der Waals surface area (Å²) in [6.07, 6.45) is 7.69. The van der Waals surface area contributed by atoms with Crippen molar-refractivity contribution < 1.29 is 14.7 Å². The van der Waals surface area contributed by atoms with Crippen molar-refractivity contribution in [3.05, 3.63) is 66.0 Å². The molecule has 8 nitrogen and oxygen atoms in total. The number of hydrogen-bond donors (Lipinski definition) is 4. The Hall–Kier alpha value is -4.07. The van der Waals surface area contributed by atoms with E-state index in [4.69, 9.17) is 4.98 Å². The molecule has 0 saturated carbocycles. The second kappa shape index (κ2) is 12.2. The number of nitrogens with zero attached hydrogens (tertiary/aromatic N) is 2. The van der Waals surface area contributed by atoms with Crippen LogP contribution in [0, 0.1) is 5.92 Å². The fourth-order valence-electron chi connectivity index (χ4n) is 5.72. The van der Waals surface area contributed by atoms with Gasteiger partial charge in [-0.25, -0.2) is 4.79 Å². The molecule has 39 heavy (non-hydrogen) atoms. The van der Waals surface area contributed by atoms with E-state index in [9.17, 15) is 14.7 Å². The van der Waals surface area contributed by atoms with Crippen molar-refractivity contribution >= 4 is 45.2 Å². The molecular weight excluding hydrogens is 490 g/mol. The lowest BCUT2D eigenvalue weighted by Crippen LogP contribution is -2.32. The van der Waals surface area contributed by atoms with Crippen molar-refractivity contribution in [1.82, 2.24) is 15.3 Å². The number of anilines is 2. The summed E-state index contributed by atoms with van der Waals surface area (Å²) in [7, 11) is 0. The lowest BCUT2D eigenvalue weighted by Gasteiger charge is -2.25. The second-order valence-corrected chi connectivity index (χ2v) is 10.5. The fourth-order valence-corrected chi connectivity index (χ4v) is 5.72. The number of nitrogens with one attached hydrogen (secondary N) is 3. The summed E-state index contributed by atoms with van der Waals surface area (Å²) in [6, 6.07) is 15.9. The number of H-pyrrole nitrogens is 1. The number of carboxylic acid groups (broad SMARTS) is 1. The minimum absolute atomic E-state index is 0.0475. The van der Waals surface area contributed by atoms with Gasteiger partial charge in [0.2, 0.25) is 5.91 Å². The van der Waals surface area contributed by atoms with E-state index in [1.807, 2.05) is 36.5 Å². The van der Waals surface area contributed by atoms with Crippen LogP contribution in [0.2, 0.25) is 0 Å². The van der Waals surface area contributed by atoms with E-state index in [0.29, 0.717) is 25.2 Å². The van der Waals surface area contributed by atoms with Crippen molar-refractivity contribution in [3.63, 3.8) is 0 Å². The zero-order valence-electron chi connectivity index (χ0n) is 22.5. The molecule has 1 unspecified atom stereocenters. The number of aryl methyl sites for hydroxylation is 1. The Bertz CT molecular complexity index is 1460. The third-order valence-electron chi connectivity index (χ3n) is 7.79. The number of para-hydroxylation sites is 1. The van der Waals surface area contributed by atoms with Gasteiger partial charge in [-0.15, -0.1) is 0 Å². The highest BCUT2D eigenvalue weighted by Gasteiger charge is 2.20. The van der Waals surface area contributed by atoms with Gasteiger partial charge in [-0.1, -0.05) is 18.2 Å². The number of amides is 2. The molecule has 2 aromatic carbocycles. The monoisotopic (exact) mass is 527 g/mol. The van der Waals surface area contributed by atoms with E-state index in [1.165, 1.54) is 41.6 Å². The van der Waals surface area contributed by atoms with Crippen LogP contribution in [0.25, 0.3) is 21.8 Å². The molecule has 1 aliphatic rings. The number of carbonyl (C=O) groups excluding carboxylic acids is 1. The Kier molecular flexibility index (Phi) is 8.30. The van der Waals surface area contributed by atoms with Crippen molar-refractivity contribution in [2.24, 2.45) is 5.92 Å². The normalized spacial score (nSPS) is 13.7.